The van der Waals surface area contributed by atoms with Gasteiger partial charge in [0, 0.05) is 22.4 Å². The number of aromatic nitrogens is 2. The first-order valence-corrected chi connectivity index (χ1v) is 8.34. The van der Waals surface area contributed by atoms with Gasteiger partial charge in [-0.05, 0) is 28.9 Å². The number of imidazole rings is 1. The standard InChI is InChI=1S/C20H30N2O/c1-12(2)16-17(22-11-21-16)13-9-14(19(3,4)5)18(23)15(10-13)20(6,7)8/h9-12,23H,1-8H3,(H,21,22). The molecule has 0 atom stereocenters. The highest BCUT2D eigenvalue weighted by atomic mass is 16.3. The van der Waals surface area contributed by atoms with Gasteiger partial charge in [-0.2, -0.15) is 0 Å². The van der Waals surface area contributed by atoms with E-state index in [1.165, 1.54) is 0 Å². The van der Waals surface area contributed by atoms with Crippen LogP contribution in [-0.2, 0) is 10.8 Å². The largest absolute Gasteiger partial charge is 0.507 e. The van der Waals surface area contributed by atoms with Crippen LogP contribution in [0.3, 0.4) is 0 Å². The van der Waals surface area contributed by atoms with Gasteiger partial charge in [0.05, 0.1) is 12.0 Å². The Morgan fingerprint density at radius 2 is 1.43 bits per heavy atom. The van der Waals surface area contributed by atoms with E-state index in [9.17, 15) is 5.11 Å². The minimum absolute atomic E-state index is 0.131. The van der Waals surface area contributed by atoms with Gasteiger partial charge in [-0.1, -0.05) is 55.4 Å². The van der Waals surface area contributed by atoms with E-state index in [1.54, 1.807) is 6.33 Å². The van der Waals surface area contributed by atoms with Gasteiger partial charge in [0.25, 0.3) is 0 Å². The molecule has 0 amide bonds. The molecule has 23 heavy (non-hydrogen) atoms. The number of rotatable bonds is 2. The van der Waals surface area contributed by atoms with Crippen LogP contribution in [0.4, 0.5) is 0 Å². The Bertz CT molecular complexity index is 662. The van der Waals surface area contributed by atoms with Crippen LogP contribution in [0.1, 0.15) is 78.1 Å². The van der Waals surface area contributed by atoms with Crippen molar-refractivity contribution in [3.05, 3.63) is 35.3 Å². The highest BCUT2D eigenvalue weighted by molar-refractivity contribution is 5.68. The zero-order valence-corrected chi connectivity index (χ0v) is 15.7. The summed E-state index contributed by atoms with van der Waals surface area (Å²) in [6.07, 6.45) is 1.76. The van der Waals surface area contributed by atoms with Gasteiger partial charge in [0.15, 0.2) is 0 Å². The Morgan fingerprint density at radius 1 is 0.957 bits per heavy atom. The molecule has 126 valence electrons. The van der Waals surface area contributed by atoms with Crippen molar-refractivity contribution in [3.8, 4) is 17.0 Å². The maximum absolute atomic E-state index is 10.8. The molecule has 0 aliphatic heterocycles. The molecule has 2 N–H and O–H groups in total. The lowest BCUT2D eigenvalue weighted by Gasteiger charge is -2.28. The van der Waals surface area contributed by atoms with Gasteiger partial charge in [-0.25, -0.2) is 4.98 Å². The van der Waals surface area contributed by atoms with Crippen LogP contribution >= 0.6 is 0 Å². The average molecular weight is 314 g/mol. The lowest BCUT2D eigenvalue weighted by molar-refractivity contribution is 0.423. The maximum atomic E-state index is 10.8. The van der Waals surface area contributed by atoms with E-state index in [1.807, 2.05) is 0 Å². The fourth-order valence-electron chi connectivity index (χ4n) is 2.89. The Labute approximate surface area is 140 Å². The first-order valence-electron chi connectivity index (χ1n) is 8.34. The number of aromatic amines is 1. The molecule has 0 radical (unpaired) electrons. The van der Waals surface area contributed by atoms with Crippen LogP contribution < -0.4 is 0 Å². The molecule has 0 bridgehead atoms. The second-order valence-corrected chi connectivity index (χ2v) is 8.74. The zero-order valence-electron chi connectivity index (χ0n) is 15.7. The van der Waals surface area contributed by atoms with Crippen LogP contribution in [0.5, 0.6) is 5.75 Å². The summed E-state index contributed by atoms with van der Waals surface area (Å²) in [7, 11) is 0. The van der Waals surface area contributed by atoms with Gasteiger partial charge < -0.3 is 10.1 Å². The van der Waals surface area contributed by atoms with Crippen molar-refractivity contribution in [1.82, 2.24) is 9.97 Å². The molecule has 3 nitrogen and oxygen atoms in total. The number of phenolic OH excluding ortho intramolecular Hbond substituents is 1. The second-order valence-electron chi connectivity index (χ2n) is 8.74. The van der Waals surface area contributed by atoms with Crippen molar-refractivity contribution in [1.29, 1.82) is 0 Å². The van der Waals surface area contributed by atoms with E-state index in [-0.39, 0.29) is 10.8 Å². The fraction of sp³-hybridized carbons (Fsp3) is 0.550. The topological polar surface area (TPSA) is 48.9 Å². The molecular formula is C20H30N2O. The summed E-state index contributed by atoms with van der Waals surface area (Å²) in [6.45, 7) is 17.1. The van der Waals surface area contributed by atoms with Crippen molar-refractivity contribution < 1.29 is 5.11 Å². The number of hydrogen-bond donors (Lipinski definition) is 2. The summed E-state index contributed by atoms with van der Waals surface area (Å²) >= 11 is 0. The van der Waals surface area contributed by atoms with Crippen LogP contribution in [0.15, 0.2) is 18.5 Å². The van der Waals surface area contributed by atoms with Gasteiger partial charge in [-0.3, -0.25) is 0 Å². The maximum Gasteiger partial charge on any atom is 0.123 e. The van der Waals surface area contributed by atoms with Crippen LogP contribution in [0.25, 0.3) is 11.3 Å². The molecule has 0 saturated heterocycles. The van der Waals surface area contributed by atoms with Crippen LogP contribution in [0.2, 0.25) is 0 Å². The number of H-pyrrole nitrogens is 1. The molecule has 1 aromatic carbocycles. The Balaban J connectivity index is 2.77. The average Bonchev–Trinajstić information content (AvgIpc) is 2.85. The molecule has 0 unspecified atom stereocenters. The third-order valence-corrected chi connectivity index (χ3v) is 4.25. The summed E-state index contributed by atoms with van der Waals surface area (Å²) in [5, 5.41) is 10.8. The highest BCUT2D eigenvalue weighted by Gasteiger charge is 2.27. The number of benzene rings is 1. The smallest absolute Gasteiger partial charge is 0.123 e. The molecule has 2 aromatic rings. The molecule has 0 spiro atoms. The predicted molar refractivity (Wildman–Crippen MR) is 97.2 cm³/mol. The molecule has 2 rings (SSSR count). The monoisotopic (exact) mass is 314 g/mol. The van der Waals surface area contributed by atoms with Crippen molar-refractivity contribution >= 4 is 0 Å². The summed E-state index contributed by atoms with van der Waals surface area (Å²) < 4.78 is 0. The summed E-state index contributed by atoms with van der Waals surface area (Å²) in [4.78, 5) is 7.81. The third kappa shape index (κ3) is 3.44. The highest BCUT2D eigenvalue weighted by Crippen LogP contribution is 2.42. The molecule has 0 aliphatic rings. The normalized spacial score (nSPS) is 12.9. The van der Waals surface area contributed by atoms with E-state index in [0.717, 1.165) is 28.1 Å². The zero-order chi connectivity index (χ0) is 17.6. The van der Waals surface area contributed by atoms with Gasteiger partial charge in [-0.15, -0.1) is 0 Å². The number of nitrogens with zero attached hydrogens (tertiary/aromatic N) is 1. The molecule has 0 aliphatic carbocycles. The van der Waals surface area contributed by atoms with E-state index in [4.69, 9.17) is 0 Å². The summed E-state index contributed by atoms with van der Waals surface area (Å²) in [5.74, 6) is 0.785. The molecule has 3 heteroatoms. The second kappa shape index (κ2) is 5.70. The number of nitrogens with one attached hydrogen (secondary N) is 1. The van der Waals surface area contributed by atoms with E-state index in [0.29, 0.717) is 11.7 Å². The Kier molecular flexibility index (Phi) is 4.36. The molecule has 1 heterocycles. The number of phenols is 1. The van der Waals surface area contributed by atoms with Crippen molar-refractivity contribution in [2.24, 2.45) is 0 Å². The lowest BCUT2D eigenvalue weighted by atomic mass is 9.78. The minimum atomic E-state index is -0.131. The Hall–Kier alpha value is -1.77. The third-order valence-electron chi connectivity index (χ3n) is 4.25. The van der Waals surface area contributed by atoms with E-state index in [2.05, 4.69) is 77.5 Å². The van der Waals surface area contributed by atoms with Gasteiger partial charge >= 0.3 is 0 Å². The van der Waals surface area contributed by atoms with Gasteiger partial charge in [0.1, 0.15) is 5.75 Å². The van der Waals surface area contributed by atoms with Gasteiger partial charge in [0.2, 0.25) is 0 Å². The SMILES string of the molecule is CC(C)c1[nH]cnc1-c1cc(C(C)(C)C)c(O)c(C(C)(C)C)c1. The summed E-state index contributed by atoms with van der Waals surface area (Å²) in [6, 6.07) is 4.18. The first-order chi connectivity index (χ1) is 10.4. The van der Waals surface area contributed by atoms with E-state index >= 15 is 0 Å². The first kappa shape index (κ1) is 17.6. The number of hydrogen-bond acceptors (Lipinski definition) is 2. The van der Waals surface area contributed by atoms with E-state index < -0.39 is 0 Å². The predicted octanol–water partition coefficient (Wildman–Crippen LogP) is 5.50. The minimum Gasteiger partial charge on any atom is -0.507 e. The van der Waals surface area contributed by atoms with Crippen molar-refractivity contribution in [2.75, 3.05) is 0 Å². The summed E-state index contributed by atoms with van der Waals surface area (Å²) in [5.41, 5.74) is 4.87. The van der Waals surface area contributed by atoms with Crippen molar-refractivity contribution in [2.45, 2.75) is 72.1 Å². The molecule has 0 fully saturated rings. The molecule has 1 aromatic heterocycles. The fourth-order valence-corrected chi connectivity index (χ4v) is 2.89. The van der Waals surface area contributed by atoms with Crippen LogP contribution in [-0.4, -0.2) is 15.1 Å². The number of aromatic hydroxyl groups is 1. The van der Waals surface area contributed by atoms with Crippen molar-refractivity contribution in [3.63, 3.8) is 0 Å². The quantitative estimate of drug-likeness (QED) is 0.769. The Morgan fingerprint density at radius 3 is 1.83 bits per heavy atom. The molecule has 0 saturated carbocycles. The van der Waals surface area contributed by atoms with Crippen LogP contribution in [0, 0.1) is 0 Å². The molecular weight excluding hydrogens is 284 g/mol. The lowest BCUT2D eigenvalue weighted by Crippen LogP contribution is -2.17.